The second-order valence-electron chi connectivity index (χ2n) is 8.67. The quantitative estimate of drug-likeness (QED) is 0.869. The minimum atomic E-state index is 0.444. The third kappa shape index (κ3) is 4.20. The molecule has 3 unspecified atom stereocenters. The van der Waals surface area contributed by atoms with Crippen LogP contribution >= 0.6 is 0 Å². The highest BCUT2D eigenvalue weighted by Gasteiger charge is 2.38. The molecular weight excluding hydrogens is 258 g/mol. The third-order valence-electron chi connectivity index (χ3n) is 6.18. The molecule has 2 rings (SSSR count). The molecule has 1 saturated heterocycles. The molecule has 0 aromatic rings. The van der Waals surface area contributed by atoms with Crippen LogP contribution in [-0.2, 0) is 0 Å². The molecular formula is C18H37N3. The maximum absolute atomic E-state index is 6.10. The van der Waals surface area contributed by atoms with Crippen LogP contribution in [0.2, 0.25) is 0 Å². The molecule has 2 N–H and O–H groups in total. The van der Waals surface area contributed by atoms with Gasteiger partial charge in [0, 0.05) is 12.1 Å². The van der Waals surface area contributed by atoms with E-state index in [0.717, 1.165) is 30.5 Å². The summed E-state index contributed by atoms with van der Waals surface area (Å²) in [6.45, 7) is 10.6. The van der Waals surface area contributed by atoms with E-state index < -0.39 is 0 Å². The summed E-state index contributed by atoms with van der Waals surface area (Å²) in [7, 11) is 4.44. The van der Waals surface area contributed by atoms with Crippen LogP contribution in [0.15, 0.2) is 0 Å². The first-order valence-corrected chi connectivity index (χ1v) is 8.93. The van der Waals surface area contributed by atoms with E-state index in [4.69, 9.17) is 5.73 Å². The molecule has 0 bridgehead atoms. The molecule has 3 heteroatoms. The Morgan fingerprint density at radius 1 is 1.05 bits per heavy atom. The molecule has 0 radical (unpaired) electrons. The van der Waals surface area contributed by atoms with Gasteiger partial charge in [0.25, 0.3) is 0 Å². The van der Waals surface area contributed by atoms with Gasteiger partial charge >= 0.3 is 0 Å². The molecule has 1 saturated carbocycles. The van der Waals surface area contributed by atoms with Gasteiger partial charge in [-0.15, -0.1) is 0 Å². The number of hydrogen-bond donors (Lipinski definition) is 1. The Kier molecular flexibility index (Phi) is 5.72. The van der Waals surface area contributed by atoms with Gasteiger partial charge in [0.2, 0.25) is 0 Å². The van der Waals surface area contributed by atoms with E-state index >= 15 is 0 Å². The monoisotopic (exact) mass is 295 g/mol. The maximum atomic E-state index is 6.10. The molecule has 0 spiro atoms. The maximum Gasteiger partial charge on any atom is 0.0138 e. The van der Waals surface area contributed by atoms with Crippen molar-refractivity contribution in [2.45, 2.75) is 65.0 Å². The molecule has 1 aliphatic heterocycles. The van der Waals surface area contributed by atoms with Crippen molar-refractivity contribution in [2.24, 2.45) is 23.0 Å². The van der Waals surface area contributed by atoms with Crippen LogP contribution in [0.4, 0.5) is 0 Å². The molecule has 21 heavy (non-hydrogen) atoms. The van der Waals surface area contributed by atoms with Crippen molar-refractivity contribution in [3.8, 4) is 0 Å². The van der Waals surface area contributed by atoms with Gasteiger partial charge in [-0.1, -0.05) is 20.8 Å². The van der Waals surface area contributed by atoms with Gasteiger partial charge in [0.05, 0.1) is 0 Å². The number of likely N-dealkylation sites (tertiary alicyclic amines) is 1. The van der Waals surface area contributed by atoms with Crippen LogP contribution in [0.5, 0.6) is 0 Å². The van der Waals surface area contributed by atoms with E-state index in [2.05, 4.69) is 44.7 Å². The highest BCUT2D eigenvalue weighted by atomic mass is 15.2. The van der Waals surface area contributed by atoms with Crippen LogP contribution in [0.1, 0.15) is 52.9 Å². The summed E-state index contributed by atoms with van der Waals surface area (Å²) in [5, 5.41) is 0. The number of nitrogens with zero attached hydrogens (tertiary/aromatic N) is 2. The molecule has 3 nitrogen and oxygen atoms in total. The Labute approximate surface area is 132 Å². The predicted molar refractivity (Wildman–Crippen MR) is 91.4 cm³/mol. The fourth-order valence-electron chi connectivity index (χ4n) is 4.45. The lowest BCUT2D eigenvalue weighted by Gasteiger charge is -2.48. The fraction of sp³-hybridized carbons (Fsp3) is 1.00. The van der Waals surface area contributed by atoms with Crippen molar-refractivity contribution < 1.29 is 0 Å². The molecule has 124 valence electrons. The van der Waals surface area contributed by atoms with E-state index in [0.29, 0.717) is 5.41 Å². The van der Waals surface area contributed by atoms with Gasteiger partial charge in [0.15, 0.2) is 0 Å². The Balaban J connectivity index is 1.98. The Morgan fingerprint density at radius 2 is 1.67 bits per heavy atom. The largest absolute Gasteiger partial charge is 0.330 e. The summed E-state index contributed by atoms with van der Waals surface area (Å²) >= 11 is 0. The normalized spacial score (nSPS) is 33.6. The number of rotatable bonds is 3. The Bertz CT molecular complexity index is 313. The van der Waals surface area contributed by atoms with E-state index in [-0.39, 0.29) is 0 Å². The summed E-state index contributed by atoms with van der Waals surface area (Å²) in [6, 6.07) is 1.51. The van der Waals surface area contributed by atoms with Gasteiger partial charge < -0.3 is 10.6 Å². The molecule has 0 amide bonds. The van der Waals surface area contributed by atoms with E-state index in [1.807, 2.05) is 0 Å². The molecule has 2 fully saturated rings. The SMILES string of the molecule is CN(C)C1CCN(C2CC(C(C)(C)C)CCC2CN)CC1. The summed E-state index contributed by atoms with van der Waals surface area (Å²) in [5.74, 6) is 1.58. The topological polar surface area (TPSA) is 32.5 Å². The van der Waals surface area contributed by atoms with E-state index in [1.54, 1.807) is 0 Å². The first-order chi connectivity index (χ1) is 9.82. The smallest absolute Gasteiger partial charge is 0.0138 e. The first-order valence-electron chi connectivity index (χ1n) is 8.93. The fourth-order valence-corrected chi connectivity index (χ4v) is 4.45. The third-order valence-corrected chi connectivity index (χ3v) is 6.18. The molecule has 1 heterocycles. The van der Waals surface area contributed by atoms with Crippen LogP contribution in [0.3, 0.4) is 0 Å². The highest BCUT2D eigenvalue weighted by molar-refractivity contribution is 4.93. The average molecular weight is 296 g/mol. The number of nitrogens with two attached hydrogens (primary N) is 1. The van der Waals surface area contributed by atoms with Crippen molar-refractivity contribution in [3.63, 3.8) is 0 Å². The Morgan fingerprint density at radius 3 is 2.14 bits per heavy atom. The van der Waals surface area contributed by atoms with Gasteiger partial charge in [-0.2, -0.15) is 0 Å². The molecule has 2 aliphatic rings. The summed E-state index contributed by atoms with van der Waals surface area (Å²) < 4.78 is 0. The van der Waals surface area contributed by atoms with Gasteiger partial charge in [0.1, 0.15) is 0 Å². The zero-order valence-corrected chi connectivity index (χ0v) is 14.9. The highest BCUT2D eigenvalue weighted by Crippen LogP contribution is 2.42. The van der Waals surface area contributed by atoms with E-state index in [1.165, 1.54) is 45.2 Å². The second kappa shape index (κ2) is 6.97. The van der Waals surface area contributed by atoms with Crippen molar-refractivity contribution in [1.82, 2.24) is 9.80 Å². The second-order valence-corrected chi connectivity index (χ2v) is 8.67. The van der Waals surface area contributed by atoms with Gasteiger partial charge in [-0.05, 0) is 83.1 Å². The minimum absolute atomic E-state index is 0.444. The lowest BCUT2D eigenvalue weighted by atomic mass is 9.67. The molecule has 3 atom stereocenters. The van der Waals surface area contributed by atoms with Crippen molar-refractivity contribution in [2.75, 3.05) is 33.7 Å². The standard InChI is InChI=1S/C18H37N3/c1-18(2,3)15-7-6-14(13-19)17(12-15)21-10-8-16(9-11-21)20(4)5/h14-17H,6-13,19H2,1-5H3. The Hall–Kier alpha value is -0.120. The van der Waals surface area contributed by atoms with Crippen LogP contribution in [0, 0.1) is 17.3 Å². The average Bonchev–Trinajstić information content (AvgIpc) is 2.45. The van der Waals surface area contributed by atoms with E-state index in [9.17, 15) is 0 Å². The molecule has 0 aromatic heterocycles. The van der Waals surface area contributed by atoms with Crippen LogP contribution in [-0.4, -0.2) is 55.6 Å². The molecule has 0 aromatic carbocycles. The van der Waals surface area contributed by atoms with Crippen molar-refractivity contribution >= 4 is 0 Å². The summed E-state index contributed by atoms with van der Waals surface area (Å²) in [5.41, 5.74) is 6.54. The predicted octanol–water partition coefficient (Wildman–Crippen LogP) is 2.80. The summed E-state index contributed by atoms with van der Waals surface area (Å²) in [6.07, 6.45) is 6.70. The van der Waals surface area contributed by atoms with Crippen LogP contribution < -0.4 is 5.73 Å². The zero-order chi connectivity index (χ0) is 15.6. The van der Waals surface area contributed by atoms with Gasteiger partial charge in [-0.25, -0.2) is 0 Å². The number of piperidine rings is 1. The summed E-state index contributed by atoms with van der Waals surface area (Å²) in [4.78, 5) is 5.17. The minimum Gasteiger partial charge on any atom is -0.330 e. The van der Waals surface area contributed by atoms with Crippen molar-refractivity contribution in [1.29, 1.82) is 0 Å². The first kappa shape index (κ1) is 17.2. The zero-order valence-electron chi connectivity index (χ0n) is 14.9. The lowest BCUT2D eigenvalue weighted by molar-refractivity contribution is 0.0213. The lowest BCUT2D eigenvalue weighted by Crippen LogP contribution is -2.52. The van der Waals surface area contributed by atoms with Crippen LogP contribution in [0.25, 0.3) is 0 Å². The number of hydrogen-bond acceptors (Lipinski definition) is 3. The van der Waals surface area contributed by atoms with Crippen molar-refractivity contribution in [3.05, 3.63) is 0 Å². The van der Waals surface area contributed by atoms with Gasteiger partial charge in [-0.3, -0.25) is 4.90 Å². The molecule has 1 aliphatic carbocycles.